The summed E-state index contributed by atoms with van der Waals surface area (Å²) in [4.78, 5) is 20.4. The third-order valence-electron chi connectivity index (χ3n) is 6.97. The maximum Gasteiger partial charge on any atom is 0.167 e. The molecule has 0 spiro atoms. The third-order valence-corrected chi connectivity index (χ3v) is 9.14. The first-order valence-corrected chi connectivity index (χ1v) is 14.6. The van der Waals surface area contributed by atoms with Crippen LogP contribution in [-0.4, -0.2) is 19.9 Å². The Morgan fingerprint density at radius 2 is 0.975 bits per heavy atom. The second kappa shape index (κ2) is 9.45. The van der Waals surface area contributed by atoms with E-state index in [1.54, 1.807) is 22.7 Å². The van der Waals surface area contributed by atoms with E-state index in [1.807, 2.05) is 66.7 Å². The van der Waals surface area contributed by atoms with Gasteiger partial charge in [0.2, 0.25) is 0 Å². The zero-order valence-corrected chi connectivity index (χ0v) is 22.8. The standard InChI is InChI=1S/C34H20N4S2/c1-4-12-21(13-5-1)31-36-32(22-14-6-2-7-15-22)38-33(37-31)29-28-24-18-10-11-19-25(24)39-26(28)20-27-30(29)35-34(40-27)23-16-8-3-9-17-23/h1-20H. The van der Waals surface area contributed by atoms with Crippen molar-refractivity contribution < 1.29 is 0 Å². The number of aromatic nitrogens is 4. The Morgan fingerprint density at radius 3 is 1.62 bits per heavy atom. The molecule has 40 heavy (non-hydrogen) atoms. The van der Waals surface area contributed by atoms with Gasteiger partial charge in [-0.25, -0.2) is 19.9 Å². The molecule has 5 aromatic carbocycles. The Hall–Kier alpha value is -4.78. The molecule has 188 valence electrons. The Morgan fingerprint density at radius 1 is 0.425 bits per heavy atom. The molecule has 3 aromatic heterocycles. The van der Waals surface area contributed by atoms with Crippen LogP contribution in [-0.2, 0) is 0 Å². The van der Waals surface area contributed by atoms with Gasteiger partial charge in [-0.2, -0.15) is 0 Å². The second-order valence-electron chi connectivity index (χ2n) is 9.49. The first-order chi connectivity index (χ1) is 19.8. The lowest BCUT2D eigenvalue weighted by molar-refractivity contribution is 1.08. The molecule has 0 aliphatic rings. The van der Waals surface area contributed by atoms with Gasteiger partial charge in [0.15, 0.2) is 17.5 Å². The summed E-state index contributed by atoms with van der Waals surface area (Å²) in [6.07, 6.45) is 0. The van der Waals surface area contributed by atoms with Crippen molar-refractivity contribution in [3.63, 3.8) is 0 Å². The minimum Gasteiger partial charge on any atom is -0.235 e. The fraction of sp³-hybridized carbons (Fsp3) is 0. The van der Waals surface area contributed by atoms with Crippen LogP contribution in [0.1, 0.15) is 0 Å². The maximum absolute atomic E-state index is 5.22. The molecular weight excluding hydrogens is 529 g/mol. The van der Waals surface area contributed by atoms with E-state index < -0.39 is 0 Å². The van der Waals surface area contributed by atoms with Crippen molar-refractivity contribution in [2.45, 2.75) is 0 Å². The van der Waals surface area contributed by atoms with E-state index in [9.17, 15) is 0 Å². The van der Waals surface area contributed by atoms with Gasteiger partial charge in [-0.15, -0.1) is 22.7 Å². The van der Waals surface area contributed by atoms with Crippen molar-refractivity contribution in [1.82, 2.24) is 19.9 Å². The normalized spacial score (nSPS) is 11.5. The molecule has 0 aliphatic heterocycles. The molecule has 8 rings (SSSR count). The predicted octanol–water partition coefficient (Wildman–Crippen LogP) is 9.52. The van der Waals surface area contributed by atoms with Gasteiger partial charge in [-0.3, -0.25) is 0 Å². The first kappa shape index (κ1) is 23.1. The van der Waals surface area contributed by atoms with E-state index in [-0.39, 0.29) is 0 Å². The van der Waals surface area contributed by atoms with E-state index >= 15 is 0 Å². The Kier molecular flexibility index (Phi) is 5.47. The van der Waals surface area contributed by atoms with E-state index in [0.29, 0.717) is 17.5 Å². The highest BCUT2D eigenvalue weighted by Crippen LogP contribution is 2.46. The summed E-state index contributed by atoms with van der Waals surface area (Å²) in [5, 5.41) is 3.32. The zero-order chi connectivity index (χ0) is 26.5. The summed E-state index contributed by atoms with van der Waals surface area (Å²) >= 11 is 3.51. The lowest BCUT2D eigenvalue weighted by Crippen LogP contribution is -2.01. The van der Waals surface area contributed by atoms with Crippen LogP contribution in [0.25, 0.3) is 75.1 Å². The number of nitrogens with zero attached hydrogens (tertiary/aromatic N) is 4. The lowest BCUT2D eigenvalue weighted by atomic mass is 10.0. The van der Waals surface area contributed by atoms with Gasteiger partial charge in [0.25, 0.3) is 0 Å². The van der Waals surface area contributed by atoms with Crippen molar-refractivity contribution in [2.75, 3.05) is 0 Å². The average molecular weight is 549 g/mol. The molecule has 0 fully saturated rings. The Bertz CT molecular complexity index is 2090. The highest BCUT2D eigenvalue weighted by molar-refractivity contribution is 7.27. The number of thiazole rings is 1. The van der Waals surface area contributed by atoms with Gasteiger partial charge >= 0.3 is 0 Å². The number of rotatable bonds is 4. The fourth-order valence-corrected chi connectivity index (χ4v) is 7.36. The van der Waals surface area contributed by atoms with Gasteiger partial charge in [0.1, 0.15) is 5.01 Å². The Labute approximate surface area is 238 Å². The van der Waals surface area contributed by atoms with E-state index in [2.05, 4.69) is 54.6 Å². The van der Waals surface area contributed by atoms with Crippen LogP contribution in [0.15, 0.2) is 121 Å². The molecule has 8 aromatic rings. The van der Waals surface area contributed by atoms with Crippen molar-refractivity contribution in [3.8, 4) is 44.7 Å². The summed E-state index contributed by atoms with van der Waals surface area (Å²) in [5.41, 5.74) is 4.88. The average Bonchev–Trinajstić information content (AvgIpc) is 3.62. The number of hydrogen-bond donors (Lipinski definition) is 0. The van der Waals surface area contributed by atoms with E-state index in [0.717, 1.165) is 42.9 Å². The minimum absolute atomic E-state index is 0.636. The van der Waals surface area contributed by atoms with E-state index in [4.69, 9.17) is 19.9 Å². The molecule has 3 heterocycles. The van der Waals surface area contributed by atoms with Gasteiger partial charge in [0, 0.05) is 36.9 Å². The monoisotopic (exact) mass is 548 g/mol. The molecule has 0 aliphatic carbocycles. The molecular formula is C34H20N4S2. The van der Waals surface area contributed by atoms with Crippen LogP contribution in [0.2, 0.25) is 0 Å². The number of fused-ring (bicyclic) bond motifs is 4. The summed E-state index contributed by atoms with van der Waals surface area (Å²) in [5.74, 6) is 1.93. The molecule has 0 saturated carbocycles. The van der Waals surface area contributed by atoms with Crippen molar-refractivity contribution in [2.24, 2.45) is 0 Å². The van der Waals surface area contributed by atoms with Crippen LogP contribution >= 0.6 is 22.7 Å². The molecule has 0 unspecified atom stereocenters. The highest BCUT2D eigenvalue weighted by Gasteiger charge is 2.22. The fourth-order valence-electron chi connectivity index (χ4n) is 5.11. The van der Waals surface area contributed by atoms with Gasteiger partial charge in [0.05, 0.1) is 15.8 Å². The van der Waals surface area contributed by atoms with Crippen molar-refractivity contribution in [3.05, 3.63) is 121 Å². The summed E-state index contributed by atoms with van der Waals surface area (Å²) in [6.45, 7) is 0. The Balaban J connectivity index is 1.49. The smallest absolute Gasteiger partial charge is 0.167 e. The maximum atomic E-state index is 5.22. The highest BCUT2D eigenvalue weighted by atomic mass is 32.1. The molecule has 0 radical (unpaired) electrons. The largest absolute Gasteiger partial charge is 0.235 e. The van der Waals surface area contributed by atoms with Gasteiger partial charge < -0.3 is 0 Å². The topological polar surface area (TPSA) is 51.6 Å². The van der Waals surface area contributed by atoms with E-state index in [1.165, 1.54) is 14.8 Å². The quantitative estimate of drug-likeness (QED) is 0.220. The summed E-state index contributed by atoms with van der Waals surface area (Å²) < 4.78 is 3.56. The van der Waals surface area contributed by atoms with Crippen molar-refractivity contribution >= 4 is 53.1 Å². The number of thiophene rings is 1. The van der Waals surface area contributed by atoms with Crippen LogP contribution in [0.3, 0.4) is 0 Å². The molecule has 4 nitrogen and oxygen atoms in total. The molecule has 0 bridgehead atoms. The van der Waals surface area contributed by atoms with Gasteiger partial charge in [-0.1, -0.05) is 109 Å². The predicted molar refractivity (Wildman–Crippen MR) is 168 cm³/mol. The lowest BCUT2D eigenvalue weighted by Gasteiger charge is -2.10. The number of benzene rings is 5. The zero-order valence-electron chi connectivity index (χ0n) is 21.2. The van der Waals surface area contributed by atoms with Gasteiger partial charge in [-0.05, 0) is 12.1 Å². The SMILES string of the molecule is c1ccc(-c2nc(-c3ccccc3)nc(-c3c4nc(-c5ccccc5)sc4cc4sc5ccccc5c34)n2)cc1. The van der Waals surface area contributed by atoms with Crippen LogP contribution in [0, 0.1) is 0 Å². The molecule has 0 saturated heterocycles. The summed E-state index contributed by atoms with van der Waals surface area (Å²) in [7, 11) is 0. The van der Waals surface area contributed by atoms with Crippen LogP contribution in [0.5, 0.6) is 0 Å². The molecule has 0 N–H and O–H groups in total. The molecule has 0 atom stereocenters. The summed E-state index contributed by atoms with van der Waals surface area (Å²) in [6, 6.07) is 41.4. The van der Waals surface area contributed by atoms with Crippen molar-refractivity contribution in [1.29, 1.82) is 0 Å². The minimum atomic E-state index is 0.636. The number of hydrogen-bond acceptors (Lipinski definition) is 6. The van der Waals surface area contributed by atoms with Crippen LogP contribution in [0.4, 0.5) is 0 Å². The second-order valence-corrected chi connectivity index (χ2v) is 11.6. The van der Waals surface area contributed by atoms with Crippen LogP contribution < -0.4 is 0 Å². The molecule has 6 heteroatoms. The first-order valence-electron chi connectivity index (χ1n) is 13.0. The third kappa shape index (κ3) is 3.88. The molecule has 0 amide bonds.